The zero-order chi connectivity index (χ0) is 11.8. The van der Waals surface area contributed by atoms with E-state index in [0.717, 1.165) is 29.0 Å². The Morgan fingerprint density at radius 2 is 2.29 bits per heavy atom. The van der Waals surface area contributed by atoms with Crippen molar-refractivity contribution in [3.63, 3.8) is 0 Å². The highest BCUT2D eigenvalue weighted by Gasteiger charge is 2.38. The quantitative estimate of drug-likeness (QED) is 0.780. The van der Waals surface area contributed by atoms with E-state index >= 15 is 0 Å². The molecular formula is C14H15BrN2. The largest absolute Gasteiger partial charge is 0.367 e. The number of piperidine rings is 1. The SMILES string of the molecule is N#Cc1cc(CBr)ccc1N1CC2CCC1C2. The second-order valence-corrected chi connectivity index (χ2v) is 5.64. The van der Waals surface area contributed by atoms with Crippen LogP contribution in [0.15, 0.2) is 18.2 Å². The van der Waals surface area contributed by atoms with Crippen LogP contribution in [0.2, 0.25) is 0 Å². The standard InChI is InChI=1S/C14H15BrN2/c15-7-10-2-4-14(12(5-10)8-16)17-9-11-1-3-13(17)6-11/h2,4-5,11,13H,1,3,6-7,9H2. The van der Waals surface area contributed by atoms with Crippen molar-refractivity contribution in [3.8, 4) is 6.07 Å². The molecule has 1 aromatic rings. The number of nitriles is 1. The summed E-state index contributed by atoms with van der Waals surface area (Å²) in [7, 11) is 0. The lowest BCUT2D eigenvalue weighted by atomic mass is 10.1. The summed E-state index contributed by atoms with van der Waals surface area (Å²) in [5.41, 5.74) is 3.15. The van der Waals surface area contributed by atoms with Crippen LogP contribution in [0.5, 0.6) is 0 Å². The van der Waals surface area contributed by atoms with Gasteiger partial charge in [-0.3, -0.25) is 0 Å². The Kier molecular flexibility index (Phi) is 2.84. The van der Waals surface area contributed by atoms with Gasteiger partial charge in [0.1, 0.15) is 6.07 Å². The number of fused-ring (bicyclic) bond motifs is 2. The molecule has 0 radical (unpaired) electrons. The number of alkyl halides is 1. The molecule has 2 aliphatic rings. The topological polar surface area (TPSA) is 27.0 Å². The van der Waals surface area contributed by atoms with Crippen LogP contribution < -0.4 is 4.90 Å². The lowest BCUT2D eigenvalue weighted by Gasteiger charge is -2.30. The van der Waals surface area contributed by atoms with E-state index in [9.17, 15) is 5.26 Å². The van der Waals surface area contributed by atoms with Gasteiger partial charge in [-0.05, 0) is 42.9 Å². The number of nitrogens with zero attached hydrogens (tertiary/aromatic N) is 2. The summed E-state index contributed by atoms with van der Waals surface area (Å²) in [5.74, 6) is 0.863. The van der Waals surface area contributed by atoms with Crippen LogP contribution in [0.3, 0.4) is 0 Å². The van der Waals surface area contributed by atoms with Crippen LogP contribution in [0.25, 0.3) is 0 Å². The molecular weight excluding hydrogens is 276 g/mol. The first-order chi connectivity index (χ1) is 8.31. The molecule has 88 valence electrons. The van der Waals surface area contributed by atoms with Crippen molar-refractivity contribution in [2.45, 2.75) is 30.6 Å². The summed E-state index contributed by atoms with van der Waals surface area (Å²) in [6.45, 7) is 1.15. The normalized spacial score (nSPS) is 26.2. The van der Waals surface area contributed by atoms with Gasteiger partial charge in [0.25, 0.3) is 0 Å². The first-order valence-corrected chi connectivity index (χ1v) is 7.29. The van der Waals surface area contributed by atoms with Crippen LogP contribution in [0.4, 0.5) is 5.69 Å². The van der Waals surface area contributed by atoms with Gasteiger partial charge in [-0.25, -0.2) is 0 Å². The van der Waals surface area contributed by atoms with Crippen LogP contribution in [-0.4, -0.2) is 12.6 Å². The maximum Gasteiger partial charge on any atom is 0.101 e. The minimum absolute atomic E-state index is 0.682. The van der Waals surface area contributed by atoms with Gasteiger partial charge >= 0.3 is 0 Å². The minimum atomic E-state index is 0.682. The van der Waals surface area contributed by atoms with Gasteiger partial charge in [0.2, 0.25) is 0 Å². The number of rotatable bonds is 2. The van der Waals surface area contributed by atoms with Crippen molar-refractivity contribution in [1.82, 2.24) is 0 Å². The van der Waals surface area contributed by atoms with Crippen molar-refractivity contribution in [2.75, 3.05) is 11.4 Å². The summed E-state index contributed by atoms with van der Waals surface area (Å²) in [6, 6.07) is 9.28. The van der Waals surface area contributed by atoms with E-state index in [-0.39, 0.29) is 0 Å². The first kappa shape index (κ1) is 11.1. The Morgan fingerprint density at radius 3 is 2.88 bits per heavy atom. The fourth-order valence-electron chi connectivity index (χ4n) is 3.23. The smallest absolute Gasteiger partial charge is 0.101 e. The van der Waals surface area contributed by atoms with Crippen LogP contribution in [-0.2, 0) is 5.33 Å². The highest BCUT2D eigenvalue weighted by atomic mass is 79.9. The Balaban J connectivity index is 1.95. The first-order valence-electron chi connectivity index (χ1n) is 6.17. The fraction of sp³-hybridized carbons (Fsp3) is 0.500. The third-order valence-electron chi connectivity index (χ3n) is 4.05. The Hall–Kier alpha value is -1.01. The van der Waals surface area contributed by atoms with Crippen molar-refractivity contribution in [2.24, 2.45) is 5.92 Å². The molecule has 1 saturated heterocycles. The van der Waals surface area contributed by atoms with Gasteiger partial charge in [0, 0.05) is 17.9 Å². The molecule has 2 unspecified atom stereocenters. The van der Waals surface area contributed by atoms with Gasteiger partial charge in [-0.2, -0.15) is 5.26 Å². The van der Waals surface area contributed by atoms with Crippen LogP contribution in [0.1, 0.15) is 30.4 Å². The highest BCUT2D eigenvalue weighted by Crippen LogP contribution is 2.41. The molecule has 0 aromatic heterocycles. The molecule has 2 atom stereocenters. The average molecular weight is 291 g/mol. The molecule has 2 bridgehead atoms. The maximum absolute atomic E-state index is 9.28. The molecule has 1 saturated carbocycles. The summed E-state index contributed by atoms with van der Waals surface area (Å²) in [6.07, 6.45) is 4.00. The van der Waals surface area contributed by atoms with Gasteiger partial charge < -0.3 is 4.90 Å². The third-order valence-corrected chi connectivity index (χ3v) is 4.70. The number of halogens is 1. The van der Waals surface area contributed by atoms with Crippen molar-refractivity contribution in [1.29, 1.82) is 5.26 Å². The third kappa shape index (κ3) is 1.85. The molecule has 1 heterocycles. The molecule has 3 rings (SSSR count). The van der Waals surface area contributed by atoms with Gasteiger partial charge in [0.15, 0.2) is 0 Å². The average Bonchev–Trinajstić information content (AvgIpc) is 3.00. The molecule has 2 fully saturated rings. The molecule has 17 heavy (non-hydrogen) atoms. The predicted octanol–water partition coefficient (Wildman–Crippen LogP) is 3.44. The molecule has 2 nitrogen and oxygen atoms in total. The van der Waals surface area contributed by atoms with Crippen LogP contribution in [0, 0.1) is 17.2 Å². The second kappa shape index (κ2) is 4.34. The van der Waals surface area contributed by atoms with Crippen molar-refractivity contribution < 1.29 is 0 Å². The highest BCUT2D eigenvalue weighted by molar-refractivity contribution is 9.08. The fourth-order valence-corrected chi connectivity index (χ4v) is 3.57. The minimum Gasteiger partial charge on any atom is -0.367 e. The summed E-state index contributed by atoms with van der Waals surface area (Å²) >= 11 is 3.44. The van der Waals surface area contributed by atoms with E-state index in [1.807, 2.05) is 6.07 Å². The van der Waals surface area contributed by atoms with E-state index in [0.29, 0.717) is 6.04 Å². The van der Waals surface area contributed by atoms with Crippen molar-refractivity contribution in [3.05, 3.63) is 29.3 Å². The van der Waals surface area contributed by atoms with Gasteiger partial charge in [-0.1, -0.05) is 22.0 Å². The zero-order valence-electron chi connectivity index (χ0n) is 9.69. The number of anilines is 1. The molecule has 1 aliphatic heterocycles. The predicted molar refractivity (Wildman–Crippen MR) is 72.3 cm³/mol. The van der Waals surface area contributed by atoms with E-state index in [2.05, 4.69) is 39.0 Å². The van der Waals surface area contributed by atoms with Gasteiger partial charge in [0.05, 0.1) is 11.3 Å². The Bertz CT molecular complexity index is 478. The molecule has 0 amide bonds. The van der Waals surface area contributed by atoms with E-state index in [4.69, 9.17) is 0 Å². The summed E-state index contributed by atoms with van der Waals surface area (Å²) < 4.78 is 0. The number of hydrogen-bond acceptors (Lipinski definition) is 2. The molecule has 1 aromatic carbocycles. The van der Waals surface area contributed by atoms with E-state index < -0.39 is 0 Å². The van der Waals surface area contributed by atoms with Crippen LogP contribution >= 0.6 is 15.9 Å². The molecule has 1 aliphatic carbocycles. The maximum atomic E-state index is 9.28. The van der Waals surface area contributed by atoms with Crippen molar-refractivity contribution >= 4 is 21.6 Å². The summed E-state index contributed by atoms with van der Waals surface area (Å²) in [4.78, 5) is 2.45. The molecule has 0 N–H and O–H groups in total. The lowest BCUT2D eigenvalue weighted by Crippen LogP contribution is -2.32. The number of hydrogen-bond donors (Lipinski definition) is 0. The Morgan fingerprint density at radius 1 is 1.41 bits per heavy atom. The molecule has 0 spiro atoms. The second-order valence-electron chi connectivity index (χ2n) is 5.08. The molecule has 3 heteroatoms. The summed E-state index contributed by atoms with van der Waals surface area (Å²) in [5, 5.41) is 10.1. The van der Waals surface area contributed by atoms with Gasteiger partial charge in [-0.15, -0.1) is 0 Å². The van der Waals surface area contributed by atoms with E-state index in [1.165, 1.54) is 24.8 Å². The Labute approximate surface area is 110 Å². The van der Waals surface area contributed by atoms with E-state index in [1.54, 1.807) is 0 Å². The zero-order valence-corrected chi connectivity index (χ0v) is 11.3. The number of benzene rings is 1. The monoisotopic (exact) mass is 290 g/mol. The lowest BCUT2D eigenvalue weighted by molar-refractivity contribution is 0.553.